The minimum atomic E-state index is -4.13. The summed E-state index contributed by atoms with van der Waals surface area (Å²) in [6, 6.07) is 2.34. The number of amides is 1. The third-order valence-corrected chi connectivity index (χ3v) is 5.38. The van der Waals surface area contributed by atoms with Gasteiger partial charge in [-0.3, -0.25) is 4.79 Å². The van der Waals surface area contributed by atoms with E-state index in [-0.39, 0.29) is 15.5 Å². The molecule has 21 heavy (non-hydrogen) atoms. The predicted molar refractivity (Wildman–Crippen MR) is 77.8 cm³/mol. The molecule has 10 heteroatoms. The van der Waals surface area contributed by atoms with Gasteiger partial charge in [-0.05, 0) is 25.1 Å². The Labute approximate surface area is 123 Å². The van der Waals surface area contributed by atoms with Gasteiger partial charge in [0.25, 0.3) is 0 Å². The van der Waals surface area contributed by atoms with Gasteiger partial charge in [-0.2, -0.15) is 4.72 Å². The summed E-state index contributed by atoms with van der Waals surface area (Å²) < 4.78 is 49.5. The fraction of sp³-hybridized carbons (Fsp3) is 0.364. The minimum absolute atomic E-state index is 0.112. The first kappa shape index (κ1) is 17.4. The summed E-state index contributed by atoms with van der Waals surface area (Å²) in [4.78, 5) is 10.8. The summed E-state index contributed by atoms with van der Waals surface area (Å²) in [5.41, 5.74) is 5.48. The molecule has 8 nitrogen and oxygen atoms in total. The van der Waals surface area contributed by atoms with Crippen molar-refractivity contribution in [3.63, 3.8) is 0 Å². The van der Waals surface area contributed by atoms with Crippen molar-refractivity contribution in [2.24, 2.45) is 0 Å². The summed E-state index contributed by atoms with van der Waals surface area (Å²) in [7, 11) is -6.34. The number of benzene rings is 1. The third-order valence-electron chi connectivity index (χ3n) is 2.67. The first-order valence-electron chi connectivity index (χ1n) is 5.82. The molecule has 4 N–H and O–H groups in total. The van der Waals surface area contributed by atoms with Crippen molar-refractivity contribution in [3.05, 3.63) is 18.2 Å². The maximum absolute atomic E-state index is 12.2. The SMILES string of the molecule is CNC(=O)C(C)NS(=O)(=O)c1cc(S(C)(=O)=O)ccc1N. The molecule has 0 aliphatic rings. The minimum Gasteiger partial charge on any atom is -0.398 e. The van der Waals surface area contributed by atoms with E-state index in [0.29, 0.717) is 0 Å². The molecule has 0 spiro atoms. The van der Waals surface area contributed by atoms with Crippen LogP contribution in [0, 0.1) is 0 Å². The van der Waals surface area contributed by atoms with Crippen LogP contribution in [0.3, 0.4) is 0 Å². The second-order valence-corrected chi connectivity index (χ2v) is 8.13. The van der Waals surface area contributed by atoms with Crippen LogP contribution in [-0.4, -0.2) is 42.1 Å². The number of hydrogen-bond donors (Lipinski definition) is 3. The van der Waals surface area contributed by atoms with Crippen molar-refractivity contribution < 1.29 is 21.6 Å². The van der Waals surface area contributed by atoms with Crippen molar-refractivity contribution in [2.45, 2.75) is 22.8 Å². The highest BCUT2D eigenvalue weighted by molar-refractivity contribution is 7.91. The summed E-state index contributed by atoms with van der Waals surface area (Å²) >= 11 is 0. The molecule has 0 saturated heterocycles. The van der Waals surface area contributed by atoms with Crippen LogP contribution in [0.5, 0.6) is 0 Å². The number of rotatable bonds is 5. The highest BCUT2D eigenvalue weighted by Crippen LogP contribution is 2.22. The molecule has 118 valence electrons. The van der Waals surface area contributed by atoms with Crippen LogP contribution < -0.4 is 15.8 Å². The number of likely N-dealkylation sites (N-methyl/N-ethyl adjacent to an activating group) is 1. The van der Waals surface area contributed by atoms with Crippen molar-refractivity contribution in [1.82, 2.24) is 10.0 Å². The Morgan fingerprint density at radius 3 is 2.29 bits per heavy atom. The highest BCUT2D eigenvalue weighted by atomic mass is 32.2. The molecule has 0 aromatic heterocycles. The molecule has 1 unspecified atom stereocenters. The zero-order valence-corrected chi connectivity index (χ0v) is 13.4. The van der Waals surface area contributed by atoms with E-state index in [0.717, 1.165) is 12.3 Å². The standard InChI is InChI=1S/C11H17N3O5S2/c1-7(11(15)13-2)14-21(18,19)10-6-8(20(3,16)17)4-5-9(10)12/h4-7,14H,12H2,1-3H3,(H,13,15). The van der Waals surface area contributed by atoms with Crippen LogP contribution in [0.1, 0.15) is 6.92 Å². The van der Waals surface area contributed by atoms with E-state index in [9.17, 15) is 21.6 Å². The number of nitrogens with two attached hydrogens (primary N) is 1. The number of carbonyl (C=O) groups is 1. The highest BCUT2D eigenvalue weighted by Gasteiger charge is 2.24. The molecule has 1 rings (SSSR count). The summed E-state index contributed by atoms with van der Waals surface area (Å²) in [5.74, 6) is -0.531. The van der Waals surface area contributed by atoms with Gasteiger partial charge in [0, 0.05) is 13.3 Å². The average Bonchev–Trinajstić information content (AvgIpc) is 2.35. The number of sulfone groups is 1. The zero-order valence-electron chi connectivity index (χ0n) is 11.7. The molecule has 0 heterocycles. The van der Waals surface area contributed by atoms with E-state index in [1.54, 1.807) is 0 Å². The lowest BCUT2D eigenvalue weighted by molar-refractivity contribution is -0.121. The second-order valence-electron chi connectivity index (χ2n) is 4.43. The Kier molecular flexibility index (Phi) is 4.97. The molecular weight excluding hydrogens is 318 g/mol. The first-order valence-corrected chi connectivity index (χ1v) is 9.20. The molecule has 0 saturated carbocycles. The van der Waals surface area contributed by atoms with Gasteiger partial charge in [-0.25, -0.2) is 16.8 Å². The van der Waals surface area contributed by atoms with Crippen molar-refractivity contribution in [2.75, 3.05) is 19.0 Å². The van der Waals surface area contributed by atoms with E-state index in [1.807, 2.05) is 0 Å². The van der Waals surface area contributed by atoms with Crippen LogP contribution in [0.15, 0.2) is 28.0 Å². The molecule has 0 aliphatic heterocycles. The Morgan fingerprint density at radius 2 is 1.81 bits per heavy atom. The molecular formula is C11H17N3O5S2. The van der Waals surface area contributed by atoms with Crippen LogP contribution in [0.25, 0.3) is 0 Å². The van der Waals surface area contributed by atoms with Gasteiger partial charge in [-0.15, -0.1) is 0 Å². The van der Waals surface area contributed by atoms with Gasteiger partial charge in [0.15, 0.2) is 9.84 Å². The molecule has 1 atom stereocenters. The number of nitrogen functional groups attached to an aromatic ring is 1. The topological polar surface area (TPSA) is 135 Å². The van der Waals surface area contributed by atoms with Gasteiger partial charge < -0.3 is 11.1 Å². The van der Waals surface area contributed by atoms with E-state index < -0.39 is 31.8 Å². The largest absolute Gasteiger partial charge is 0.398 e. The Bertz CT molecular complexity index is 756. The van der Waals surface area contributed by atoms with Crippen LogP contribution in [0.2, 0.25) is 0 Å². The van der Waals surface area contributed by atoms with E-state index >= 15 is 0 Å². The summed E-state index contributed by atoms with van der Waals surface area (Å²) in [6.45, 7) is 1.35. The molecule has 0 radical (unpaired) electrons. The quantitative estimate of drug-likeness (QED) is 0.596. The van der Waals surface area contributed by atoms with Crippen molar-refractivity contribution in [3.8, 4) is 0 Å². The molecule has 0 aliphatic carbocycles. The van der Waals surface area contributed by atoms with Crippen LogP contribution in [0.4, 0.5) is 5.69 Å². The number of hydrogen-bond acceptors (Lipinski definition) is 6. The molecule has 1 amide bonds. The van der Waals surface area contributed by atoms with Gasteiger partial charge >= 0.3 is 0 Å². The van der Waals surface area contributed by atoms with E-state index in [4.69, 9.17) is 5.73 Å². The Balaban J connectivity index is 3.29. The summed E-state index contributed by atoms with van der Waals surface area (Å²) in [6.07, 6.45) is 0.954. The zero-order chi connectivity index (χ0) is 16.4. The third kappa shape index (κ3) is 4.16. The average molecular weight is 335 g/mol. The number of nitrogens with one attached hydrogen (secondary N) is 2. The van der Waals surface area contributed by atoms with Crippen molar-refractivity contribution >= 4 is 31.5 Å². The second kappa shape index (κ2) is 6.00. The Hall–Kier alpha value is -1.65. The van der Waals surface area contributed by atoms with Crippen LogP contribution in [-0.2, 0) is 24.7 Å². The lowest BCUT2D eigenvalue weighted by Gasteiger charge is -2.14. The number of sulfonamides is 1. The number of carbonyl (C=O) groups excluding carboxylic acids is 1. The smallest absolute Gasteiger partial charge is 0.243 e. The first-order chi connectivity index (χ1) is 9.49. The monoisotopic (exact) mass is 335 g/mol. The predicted octanol–water partition coefficient (Wildman–Crippen LogP) is -0.915. The number of anilines is 1. The lowest BCUT2D eigenvalue weighted by Crippen LogP contribution is -2.43. The van der Waals surface area contributed by atoms with E-state index in [1.165, 1.54) is 26.1 Å². The maximum Gasteiger partial charge on any atom is 0.243 e. The molecule has 1 aromatic carbocycles. The van der Waals surface area contributed by atoms with Gasteiger partial charge in [-0.1, -0.05) is 0 Å². The van der Waals surface area contributed by atoms with Gasteiger partial charge in [0.1, 0.15) is 4.90 Å². The van der Waals surface area contributed by atoms with E-state index in [2.05, 4.69) is 10.0 Å². The van der Waals surface area contributed by atoms with Gasteiger partial charge in [0.2, 0.25) is 15.9 Å². The lowest BCUT2D eigenvalue weighted by atomic mass is 10.3. The molecule has 1 aromatic rings. The molecule has 0 fully saturated rings. The fourth-order valence-corrected chi connectivity index (χ4v) is 3.63. The summed E-state index contributed by atoms with van der Waals surface area (Å²) in [5, 5.41) is 2.30. The van der Waals surface area contributed by atoms with Gasteiger partial charge in [0.05, 0.1) is 16.6 Å². The van der Waals surface area contributed by atoms with Crippen molar-refractivity contribution in [1.29, 1.82) is 0 Å². The van der Waals surface area contributed by atoms with Crippen LogP contribution >= 0.6 is 0 Å². The Morgan fingerprint density at radius 1 is 1.24 bits per heavy atom. The normalized spacial score (nSPS) is 13.7. The maximum atomic E-state index is 12.2. The fourth-order valence-electron chi connectivity index (χ4n) is 1.54. The molecule has 0 bridgehead atoms.